The van der Waals surface area contributed by atoms with Crippen molar-refractivity contribution in [3.63, 3.8) is 0 Å². The third-order valence-corrected chi connectivity index (χ3v) is 6.43. The summed E-state index contributed by atoms with van der Waals surface area (Å²) in [5, 5.41) is 12.8. The van der Waals surface area contributed by atoms with E-state index in [1.54, 1.807) is 0 Å². The van der Waals surface area contributed by atoms with Gasteiger partial charge >= 0.3 is 11.7 Å². The number of nitrogens with one attached hydrogen (secondary N) is 2. The maximum Gasteiger partial charge on any atom is 0.330 e. The van der Waals surface area contributed by atoms with Gasteiger partial charge in [-0.2, -0.15) is 16.2 Å². The summed E-state index contributed by atoms with van der Waals surface area (Å²) >= 11 is 1.52. The van der Waals surface area contributed by atoms with Gasteiger partial charge in [-0.25, -0.2) is 9.59 Å². The number of thioether (sulfide) groups is 1. The van der Waals surface area contributed by atoms with Gasteiger partial charge in [0.1, 0.15) is 31.0 Å². The second-order valence-electron chi connectivity index (χ2n) is 8.92. The lowest BCUT2D eigenvalue weighted by Gasteiger charge is -2.31. The molecule has 1 aliphatic heterocycles. The van der Waals surface area contributed by atoms with Crippen LogP contribution in [0.2, 0.25) is 0 Å². The maximum absolute atomic E-state index is 13.6. The highest BCUT2D eigenvalue weighted by molar-refractivity contribution is 7.98. The summed E-state index contributed by atoms with van der Waals surface area (Å²) in [4.78, 5) is 63.2. The number of carbonyl (C=O) groups is 3. The summed E-state index contributed by atoms with van der Waals surface area (Å²) in [5.74, 6) is -1.69. The zero-order chi connectivity index (χ0) is 27.0. The SMILES string of the molecule is CSCC[C@H](NC=O)C(=O)N(C)[C@@H](CC(C)C)C(=O)OCC1OC(n2cc(F)c(=O)[nH]c2=O)CC1O. The van der Waals surface area contributed by atoms with Crippen molar-refractivity contribution < 1.29 is 33.4 Å². The van der Waals surface area contributed by atoms with Crippen molar-refractivity contribution in [3.05, 3.63) is 32.9 Å². The quantitative estimate of drug-likeness (QED) is 0.227. The van der Waals surface area contributed by atoms with Crippen molar-refractivity contribution in [1.29, 1.82) is 0 Å². The third-order valence-electron chi connectivity index (χ3n) is 5.79. The van der Waals surface area contributed by atoms with Crippen LogP contribution >= 0.6 is 11.8 Å². The first-order valence-electron chi connectivity index (χ1n) is 11.5. The Bertz CT molecular complexity index is 1030. The van der Waals surface area contributed by atoms with Crippen LogP contribution in [-0.4, -0.2) is 87.8 Å². The number of esters is 1. The zero-order valence-electron chi connectivity index (χ0n) is 20.6. The van der Waals surface area contributed by atoms with Gasteiger partial charge in [-0.05, 0) is 30.8 Å². The van der Waals surface area contributed by atoms with Crippen LogP contribution in [0.25, 0.3) is 0 Å². The maximum atomic E-state index is 13.6. The molecule has 0 radical (unpaired) electrons. The van der Waals surface area contributed by atoms with Gasteiger partial charge in [0.15, 0.2) is 0 Å². The summed E-state index contributed by atoms with van der Waals surface area (Å²) in [6.45, 7) is 3.38. The largest absolute Gasteiger partial charge is 0.461 e. The minimum Gasteiger partial charge on any atom is -0.461 e. The predicted octanol–water partition coefficient (Wildman–Crippen LogP) is -0.392. The number of ether oxygens (including phenoxy) is 2. The molecular formula is C22H33FN4O8S. The predicted molar refractivity (Wildman–Crippen MR) is 129 cm³/mol. The molecule has 0 spiro atoms. The summed E-state index contributed by atoms with van der Waals surface area (Å²) in [6, 6.07) is -1.74. The van der Waals surface area contributed by atoms with Crippen LogP contribution < -0.4 is 16.6 Å². The molecule has 5 atom stereocenters. The number of hydrogen-bond acceptors (Lipinski definition) is 9. The van der Waals surface area contributed by atoms with Crippen molar-refractivity contribution in [2.75, 3.05) is 25.7 Å². The molecule has 202 valence electrons. The highest BCUT2D eigenvalue weighted by Crippen LogP contribution is 2.28. The van der Waals surface area contributed by atoms with Crippen LogP contribution in [0.3, 0.4) is 0 Å². The molecule has 0 saturated carbocycles. The molecule has 1 fully saturated rings. The fraction of sp³-hybridized carbons (Fsp3) is 0.682. The normalized spacial score (nSPS) is 21.1. The molecule has 1 aliphatic rings. The molecule has 3 unspecified atom stereocenters. The first-order valence-corrected chi connectivity index (χ1v) is 12.9. The second-order valence-corrected chi connectivity index (χ2v) is 9.90. The lowest BCUT2D eigenvalue weighted by atomic mass is 10.0. The molecule has 14 heteroatoms. The van der Waals surface area contributed by atoms with E-state index in [9.17, 15) is 33.5 Å². The number of aromatic amines is 1. The van der Waals surface area contributed by atoms with E-state index in [2.05, 4.69) is 5.32 Å². The van der Waals surface area contributed by atoms with Gasteiger partial charge < -0.3 is 24.8 Å². The van der Waals surface area contributed by atoms with Gasteiger partial charge in [0.05, 0.1) is 12.3 Å². The van der Waals surface area contributed by atoms with E-state index in [1.807, 2.05) is 25.1 Å². The molecule has 0 aromatic carbocycles. The minimum atomic E-state index is -1.19. The smallest absolute Gasteiger partial charge is 0.330 e. The Hall–Kier alpha value is -2.71. The zero-order valence-corrected chi connectivity index (χ0v) is 21.5. The number of rotatable bonds is 13. The number of nitrogens with zero attached hydrogens (tertiary/aromatic N) is 2. The number of amides is 2. The van der Waals surface area contributed by atoms with Gasteiger partial charge in [-0.3, -0.25) is 23.9 Å². The number of aromatic nitrogens is 2. The lowest BCUT2D eigenvalue weighted by Crippen LogP contribution is -2.52. The summed E-state index contributed by atoms with van der Waals surface area (Å²) in [7, 11) is 1.46. The molecule has 2 amide bonds. The van der Waals surface area contributed by atoms with Crippen molar-refractivity contribution in [2.45, 2.75) is 63.6 Å². The molecule has 2 rings (SSSR count). The van der Waals surface area contributed by atoms with E-state index in [0.717, 1.165) is 4.57 Å². The van der Waals surface area contributed by atoms with Gasteiger partial charge in [-0.1, -0.05) is 13.8 Å². The number of halogens is 1. The number of aliphatic hydroxyl groups excluding tert-OH is 1. The Kier molecular flexibility index (Phi) is 11.1. The second kappa shape index (κ2) is 13.6. The topological polar surface area (TPSA) is 160 Å². The third kappa shape index (κ3) is 7.64. The van der Waals surface area contributed by atoms with Crippen LogP contribution in [0.15, 0.2) is 15.8 Å². The van der Waals surface area contributed by atoms with Crippen molar-refractivity contribution in [1.82, 2.24) is 19.8 Å². The summed E-state index contributed by atoms with van der Waals surface area (Å²) < 4.78 is 25.4. The van der Waals surface area contributed by atoms with Crippen LogP contribution in [0.5, 0.6) is 0 Å². The number of aliphatic hydroxyl groups is 1. The Morgan fingerprint density at radius 1 is 1.44 bits per heavy atom. The highest BCUT2D eigenvalue weighted by Gasteiger charge is 2.38. The molecule has 1 aromatic heterocycles. The fourth-order valence-electron chi connectivity index (χ4n) is 3.83. The summed E-state index contributed by atoms with van der Waals surface area (Å²) in [5.41, 5.74) is -2.08. The molecule has 3 N–H and O–H groups in total. The van der Waals surface area contributed by atoms with Gasteiger partial charge in [-0.15, -0.1) is 0 Å². The van der Waals surface area contributed by atoms with Gasteiger partial charge in [0.2, 0.25) is 18.1 Å². The average Bonchev–Trinajstić information content (AvgIpc) is 3.19. The van der Waals surface area contributed by atoms with E-state index >= 15 is 0 Å². The van der Waals surface area contributed by atoms with Crippen LogP contribution in [0, 0.1) is 11.7 Å². The fourth-order valence-corrected chi connectivity index (χ4v) is 4.30. The van der Waals surface area contributed by atoms with Crippen LogP contribution in [0.4, 0.5) is 4.39 Å². The Balaban J connectivity index is 2.08. The monoisotopic (exact) mass is 532 g/mol. The van der Waals surface area contributed by atoms with Crippen molar-refractivity contribution >= 4 is 30.0 Å². The van der Waals surface area contributed by atoms with E-state index < -0.39 is 59.5 Å². The molecule has 0 bridgehead atoms. The Labute approximate surface area is 211 Å². The lowest BCUT2D eigenvalue weighted by molar-refractivity contribution is -0.160. The first-order chi connectivity index (χ1) is 17.0. The first kappa shape index (κ1) is 29.5. The molecule has 1 saturated heterocycles. The van der Waals surface area contributed by atoms with E-state index in [1.165, 1.54) is 23.7 Å². The Morgan fingerprint density at radius 3 is 2.75 bits per heavy atom. The molecule has 36 heavy (non-hydrogen) atoms. The van der Waals surface area contributed by atoms with Crippen molar-refractivity contribution in [2.24, 2.45) is 5.92 Å². The van der Waals surface area contributed by atoms with Gasteiger partial charge in [0, 0.05) is 13.5 Å². The molecule has 2 heterocycles. The van der Waals surface area contributed by atoms with E-state index in [-0.39, 0.29) is 18.9 Å². The molecule has 1 aromatic rings. The van der Waals surface area contributed by atoms with Crippen LogP contribution in [-0.2, 0) is 23.9 Å². The Morgan fingerprint density at radius 2 is 2.14 bits per heavy atom. The number of likely N-dealkylation sites (N-methyl/N-ethyl adjacent to an activating group) is 1. The standard InChI is InChI=1S/C22H33FN4O8S/c1-12(2)7-15(26(3)20(31)14(24-11-28)5-6-36-4)21(32)34-10-17-16(29)8-18(35-17)27-9-13(23)19(30)25-22(27)33/h9,11-12,14-18,29H,5-8,10H2,1-4H3,(H,24,28)(H,25,30,33)/t14-,15-,16?,17?,18?/m0/s1. The van der Waals surface area contributed by atoms with Crippen LogP contribution in [0.1, 0.15) is 39.3 Å². The highest BCUT2D eigenvalue weighted by atomic mass is 32.2. The van der Waals surface area contributed by atoms with E-state index in [0.29, 0.717) is 31.2 Å². The van der Waals surface area contributed by atoms with Crippen molar-refractivity contribution in [3.8, 4) is 0 Å². The minimum absolute atomic E-state index is 0.0289. The van der Waals surface area contributed by atoms with Gasteiger partial charge in [0.25, 0.3) is 5.56 Å². The molecule has 12 nitrogen and oxygen atoms in total. The average molecular weight is 533 g/mol. The number of carbonyl (C=O) groups excluding carboxylic acids is 3. The summed E-state index contributed by atoms with van der Waals surface area (Å²) in [6.07, 6.45) is 0.349. The number of hydrogen-bond donors (Lipinski definition) is 3. The molecule has 0 aliphatic carbocycles. The number of H-pyrrole nitrogens is 1. The van der Waals surface area contributed by atoms with E-state index in [4.69, 9.17) is 9.47 Å². The molecular weight excluding hydrogens is 499 g/mol.